The van der Waals surface area contributed by atoms with Gasteiger partial charge in [-0.3, -0.25) is 4.79 Å². The van der Waals surface area contributed by atoms with Gasteiger partial charge in [-0.25, -0.2) is 4.79 Å². The van der Waals surface area contributed by atoms with E-state index in [4.69, 9.17) is 10.8 Å². The van der Waals surface area contributed by atoms with Crippen molar-refractivity contribution in [1.82, 2.24) is 5.32 Å². The lowest BCUT2D eigenvalue weighted by Crippen LogP contribution is -2.49. The van der Waals surface area contributed by atoms with Crippen LogP contribution in [0.1, 0.15) is 46.0 Å². The lowest BCUT2D eigenvalue weighted by atomic mass is 9.84. The van der Waals surface area contributed by atoms with Crippen molar-refractivity contribution in [2.45, 2.75) is 58.0 Å². The minimum atomic E-state index is -0.971. The summed E-state index contributed by atoms with van der Waals surface area (Å²) in [6.07, 6.45) is 4.11. The van der Waals surface area contributed by atoms with Gasteiger partial charge in [0, 0.05) is 6.04 Å². The second-order valence-electron chi connectivity index (χ2n) is 5.58. The van der Waals surface area contributed by atoms with E-state index in [-0.39, 0.29) is 23.8 Å². The number of hydrogen-bond acceptors (Lipinski definition) is 3. The van der Waals surface area contributed by atoms with Gasteiger partial charge in [0.1, 0.15) is 6.04 Å². The third-order valence-corrected chi connectivity index (χ3v) is 3.48. The molecule has 1 amide bonds. The quantitative estimate of drug-likeness (QED) is 0.687. The average molecular weight is 256 g/mol. The zero-order valence-electron chi connectivity index (χ0n) is 11.2. The van der Waals surface area contributed by atoms with Gasteiger partial charge in [-0.15, -0.1) is 0 Å². The molecular weight excluding hydrogens is 232 g/mol. The molecule has 0 bridgehead atoms. The maximum Gasteiger partial charge on any atom is 0.326 e. The van der Waals surface area contributed by atoms with Crippen molar-refractivity contribution in [2.75, 3.05) is 0 Å². The highest BCUT2D eigenvalue weighted by Crippen LogP contribution is 2.23. The molecule has 0 aromatic rings. The van der Waals surface area contributed by atoms with Crippen LogP contribution in [0.5, 0.6) is 0 Å². The van der Waals surface area contributed by atoms with E-state index < -0.39 is 12.0 Å². The Labute approximate surface area is 108 Å². The van der Waals surface area contributed by atoms with Gasteiger partial charge < -0.3 is 16.2 Å². The molecule has 0 unspecified atom stereocenters. The fraction of sp³-hybridized carbons (Fsp3) is 0.846. The predicted octanol–water partition coefficient (Wildman–Crippen LogP) is 1.12. The molecule has 4 N–H and O–H groups in total. The van der Waals surface area contributed by atoms with Crippen LogP contribution < -0.4 is 11.1 Å². The molecule has 1 saturated carbocycles. The van der Waals surface area contributed by atoms with Gasteiger partial charge in [0.2, 0.25) is 5.91 Å². The highest BCUT2D eigenvalue weighted by atomic mass is 16.4. The molecule has 104 valence electrons. The van der Waals surface area contributed by atoms with Crippen LogP contribution in [0.2, 0.25) is 0 Å². The largest absolute Gasteiger partial charge is 0.480 e. The normalized spacial score (nSPS) is 25.8. The van der Waals surface area contributed by atoms with Gasteiger partial charge >= 0.3 is 5.97 Å². The molecule has 0 aliphatic heterocycles. The lowest BCUT2D eigenvalue weighted by Gasteiger charge is -2.29. The molecule has 5 heteroatoms. The van der Waals surface area contributed by atoms with Crippen molar-refractivity contribution < 1.29 is 14.7 Å². The van der Waals surface area contributed by atoms with Crippen LogP contribution in [0.15, 0.2) is 0 Å². The topological polar surface area (TPSA) is 92.4 Å². The Hall–Kier alpha value is -1.10. The van der Waals surface area contributed by atoms with E-state index in [9.17, 15) is 9.59 Å². The number of amides is 1. The monoisotopic (exact) mass is 256 g/mol. The summed E-state index contributed by atoms with van der Waals surface area (Å²) in [5.41, 5.74) is 5.92. The van der Waals surface area contributed by atoms with Gasteiger partial charge in [-0.2, -0.15) is 0 Å². The second-order valence-corrected chi connectivity index (χ2v) is 5.58. The molecule has 0 radical (unpaired) electrons. The lowest BCUT2D eigenvalue weighted by molar-refractivity contribution is -0.143. The number of nitrogens with two attached hydrogens (primary N) is 1. The first-order valence-electron chi connectivity index (χ1n) is 6.70. The van der Waals surface area contributed by atoms with E-state index in [1.165, 1.54) is 0 Å². The summed E-state index contributed by atoms with van der Waals surface area (Å²) in [6.45, 7) is 3.88. The Morgan fingerprint density at radius 1 is 1.33 bits per heavy atom. The SMILES string of the molecule is CC(C)C[C@H](NC(=O)[C@@H]1CCCC[C@H]1N)C(=O)O. The number of carbonyl (C=O) groups excluding carboxylic acids is 1. The fourth-order valence-corrected chi connectivity index (χ4v) is 2.46. The van der Waals surface area contributed by atoms with E-state index in [1.807, 2.05) is 13.8 Å². The zero-order valence-corrected chi connectivity index (χ0v) is 11.2. The van der Waals surface area contributed by atoms with Gasteiger partial charge in [-0.05, 0) is 25.2 Å². The summed E-state index contributed by atoms with van der Waals surface area (Å²) in [5.74, 6) is -1.17. The standard InChI is InChI=1S/C13H24N2O3/c1-8(2)7-11(13(17)18)15-12(16)9-5-3-4-6-10(9)14/h8-11H,3-7,14H2,1-2H3,(H,15,16)(H,17,18)/t9-,10-,11+/m1/s1. The molecule has 0 aromatic carbocycles. The third-order valence-electron chi connectivity index (χ3n) is 3.48. The maximum atomic E-state index is 12.1. The van der Waals surface area contributed by atoms with E-state index >= 15 is 0 Å². The smallest absolute Gasteiger partial charge is 0.326 e. The van der Waals surface area contributed by atoms with Gasteiger partial charge in [0.15, 0.2) is 0 Å². The Morgan fingerprint density at radius 3 is 2.44 bits per heavy atom. The van der Waals surface area contributed by atoms with Crippen LogP contribution in [0.3, 0.4) is 0 Å². The first-order valence-corrected chi connectivity index (χ1v) is 6.70. The molecule has 0 saturated heterocycles. The van der Waals surface area contributed by atoms with E-state index in [0.29, 0.717) is 6.42 Å². The molecule has 3 atom stereocenters. The van der Waals surface area contributed by atoms with Gasteiger partial charge in [0.25, 0.3) is 0 Å². The van der Waals surface area contributed by atoms with Crippen LogP contribution in [0.25, 0.3) is 0 Å². The van der Waals surface area contributed by atoms with E-state index in [0.717, 1.165) is 25.7 Å². The average Bonchev–Trinajstić information content (AvgIpc) is 2.27. The highest BCUT2D eigenvalue weighted by molar-refractivity contribution is 5.85. The maximum absolute atomic E-state index is 12.1. The Balaban J connectivity index is 2.57. The number of carboxylic acids is 1. The van der Waals surface area contributed by atoms with Crippen LogP contribution in [-0.4, -0.2) is 29.1 Å². The number of hydrogen-bond donors (Lipinski definition) is 3. The number of carbonyl (C=O) groups is 2. The molecule has 18 heavy (non-hydrogen) atoms. The summed E-state index contributed by atoms with van der Waals surface area (Å²) >= 11 is 0. The predicted molar refractivity (Wildman–Crippen MR) is 69.0 cm³/mol. The van der Waals surface area contributed by atoms with E-state index in [2.05, 4.69) is 5.32 Å². The summed E-state index contributed by atoms with van der Waals surface area (Å²) in [4.78, 5) is 23.1. The number of carboxylic acid groups (broad SMARTS) is 1. The number of rotatable bonds is 5. The van der Waals surface area contributed by atoms with Crippen molar-refractivity contribution >= 4 is 11.9 Å². The highest BCUT2D eigenvalue weighted by Gasteiger charge is 2.31. The Morgan fingerprint density at radius 2 is 1.94 bits per heavy atom. The molecule has 5 nitrogen and oxygen atoms in total. The zero-order chi connectivity index (χ0) is 13.7. The number of nitrogens with one attached hydrogen (secondary N) is 1. The van der Waals surface area contributed by atoms with Gasteiger partial charge in [0.05, 0.1) is 5.92 Å². The molecule has 0 spiro atoms. The summed E-state index contributed by atoms with van der Waals surface area (Å²) in [5, 5.41) is 11.7. The van der Waals surface area contributed by atoms with Crippen molar-refractivity contribution in [3.05, 3.63) is 0 Å². The minimum Gasteiger partial charge on any atom is -0.480 e. The van der Waals surface area contributed by atoms with Crippen molar-refractivity contribution in [3.63, 3.8) is 0 Å². The van der Waals surface area contributed by atoms with Crippen LogP contribution in [-0.2, 0) is 9.59 Å². The molecule has 1 fully saturated rings. The van der Waals surface area contributed by atoms with Crippen LogP contribution in [0, 0.1) is 11.8 Å². The molecule has 1 aliphatic rings. The van der Waals surface area contributed by atoms with E-state index in [1.54, 1.807) is 0 Å². The van der Waals surface area contributed by atoms with Crippen molar-refractivity contribution in [1.29, 1.82) is 0 Å². The van der Waals surface area contributed by atoms with Crippen molar-refractivity contribution in [3.8, 4) is 0 Å². The third kappa shape index (κ3) is 4.29. The first kappa shape index (κ1) is 15.0. The molecule has 1 aliphatic carbocycles. The molecular formula is C13H24N2O3. The van der Waals surface area contributed by atoms with Gasteiger partial charge in [-0.1, -0.05) is 26.7 Å². The fourth-order valence-electron chi connectivity index (χ4n) is 2.46. The second kappa shape index (κ2) is 6.73. The first-order chi connectivity index (χ1) is 8.41. The summed E-state index contributed by atoms with van der Waals surface area (Å²) in [6, 6.07) is -0.932. The Bertz CT molecular complexity index is 305. The molecule has 1 rings (SSSR count). The van der Waals surface area contributed by atoms with Crippen LogP contribution in [0.4, 0.5) is 0 Å². The molecule has 0 aromatic heterocycles. The Kier molecular flexibility index (Phi) is 5.59. The summed E-state index contributed by atoms with van der Waals surface area (Å²) < 4.78 is 0. The summed E-state index contributed by atoms with van der Waals surface area (Å²) in [7, 11) is 0. The van der Waals surface area contributed by atoms with Crippen molar-refractivity contribution in [2.24, 2.45) is 17.6 Å². The van der Waals surface area contributed by atoms with Crippen LogP contribution >= 0.6 is 0 Å². The molecule has 0 heterocycles. The minimum absolute atomic E-state index is 0.132. The number of aliphatic carboxylic acids is 1.